The molecule has 42 heavy (non-hydrogen) atoms. The lowest BCUT2D eigenvalue weighted by molar-refractivity contribution is -0.127. The minimum Gasteiger partial charge on any atom is -0.344 e. The molecule has 4 aromatic rings. The Labute approximate surface area is 249 Å². The van der Waals surface area contributed by atoms with Gasteiger partial charge in [0.2, 0.25) is 11.8 Å². The normalized spacial score (nSPS) is 13.9. The number of hydrogen-bond acceptors (Lipinski definition) is 5. The maximum Gasteiger partial charge on any atom is 0.250 e. The van der Waals surface area contributed by atoms with E-state index in [0.29, 0.717) is 28.9 Å². The van der Waals surface area contributed by atoms with E-state index in [1.54, 1.807) is 41.2 Å². The first-order chi connectivity index (χ1) is 20.2. The molecular formula is C32H35ClN6O3. The molecule has 2 amide bonds. The average molecular weight is 587 g/mol. The van der Waals surface area contributed by atoms with E-state index in [4.69, 9.17) is 11.6 Å². The number of anilines is 1. The second-order valence-electron chi connectivity index (χ2n) is 11.2. The Hall–Kier alpha value is -4.24. The number of benzene rings is 2. The summed E-state index contributed by atoms with van der Waals surface area (Å²) in [6.07, 6.45) is 7.27. The van der Waals surface area contributed by atoms with E-state index in [1.807, 2.05) is 55.9 Å². The predicted molar refractivity (Wildman–Crippen MR) is 164 cm³/mol. The zero-order chi connectivity index (χ0) is 29.8. The highest BCUT2D eigenvalue weighted by Gasteiger charge is 2.26. The first-order valence-electron chi connectivity index (χ1n) is 14.2. The summed E-state index contributed by atoms with van der Waals surface area (Å²) >= 11 is 6.62. The Morgan fingerprint density at radius 2 is 1.74 bits per heavy atom. The van der Waals surface area contributed by atoms with E-state index in [2.05, 4.69) is 20.8 Å². The van der Waals surface area contributed by atoms with E-state index in [-0.39, 0.29) is 29.8 Å². The zero-order valence-corrected chi connectivity index (χ0v) is 24.8. The summed E-state index contributed by atoms with van der Waals surface area (Å²) < 4.78 is 3.49. The molecule has 0 aliphatic heterocycles. The van der Waals surface area contributed by atoms with Gasteiger partial charge in [-0.3, -0.25) is 14.4 Å². The fraction of sp³-hybridized carbons (Fsp3) is 0.344. The van der Waals surface area contributed by atoms with Gasteiger partial charge in [-0.25, -0.2) is 0 Å². The number of halogens is 1. The fourth-order valence-corrected chi connectivity index (χ4v) is 5.30. The topological polar surface area (TPSA) is 111 Å². The van der Waals surface area contributed by atoms with Gasteiger partial charge in [-0.05, 0) is 91.8 Å². The van der Waals surface area contributed by atoms with Crippen molar-refractivity contribution in [2.45, 2.75) is 58.0 Å². The van der Waals surface area contributed by atoms with E-state index in [1.165, 1.54) is 0 Å². The van der Waals surface area contributed by atoms with Crippen LogP contribution in [0.5, 0.6) is 0 Å². The number of hydrogen-bond donors (Lipinski definition) is 2. The Morgan fingerprint density at radius 1 is 1.02 bits per heavy atom. The van der Waals surface area contributed by atoms with Crippen molar-refractivity contribution in [1.29, 1.82) is 0 Å². The molecule has 2 aromatic carbocycles. The van der Waals surface area contributed by atoms with Crippen molar-refractivity contribution in [2.75, 3.05) is 5.32 Å². The number of aryl methyl sites for hydroxylation is 1. The lowest BCUT2D eigenvalue weighted by Gasteiger charge is -2.26. The molecule has 10 heteroatoms. The highest BCUT2D eigenvalue weighted by molar-refractivity contribution is 6.31. The molecule has 2 N–H and O–H groups in total. The standard InChI is InChI=1S/C32H35ClN6O3/c1-20(2)39-18-24(10-14-30(39)41)23-9-13-27(33)25(16-23)17-28(36-29(40)15-21-5-4-6-21)32(42)35-26-11-7-22(8-12-26)31-37-34-19-38(31)3/h7-14,16,18-21,28H,4-6,15,17H2,1-3H3,(H,35,42)(H,36,40)/t28-/m0/s1. The Morgan fingerprint density at radius 3 is 2.38 bits per heavy atom. The summed E-state index contributed by atoms with van der Waals surface area (Å²) in [4.78, 5) is 38.8. The molecule has 0 spiro atoms. The molecule has 1 fully saturated rings. The molecule has 2 heterocycles. The van der Waals surface area contributed by atoms with Gasteiger partial charge < -0.3 is 19.8 Å². The number of carbonyl (C=O) groups excluding carboxylic acids is 2. The van der Waals surface area contributed by atoms with Crippen molar-refractivity contribution in [2.24, 2.45) is 13.0 Å². The number of nitrogens with zero attached hydrogens (tertiary/aromatic N) is 4. The van der Waals surface area contributed by atoms with Crippen LogP contribution >= 0.6 is 11.6 Å². The van der Waals surface area contributed by atoms with Crippen LogP contribution in [0.2, 0.25) is 5.02 Å². The average Bonchev–Trinajstić information content (AvgIpc) is 3.37. The fourth-order valence-electron chi connectivity index (χ4n) is 5.11. The van der Waals surface area contributed by atoms with Crippen LogP contribution in [0.15, 0.2) is 71.9 Å². The quantitative estimate of drug-likeness (QED) is 0.258. The van der Waals surface area contributed by atoms with Crippen molar-refractivity contribution >= 4 is 29.1 Å². The Kier molecular flexibility index (Phi) is 8.87. The Bertz CT molecular complexity index is 1640. The minimum absolute atomic E-state index is 0.0117. The summed E-state index contributed by atoms with van der Waals surface area (Å²) in [6, 6.07) is 15.4. The van der Waals surface area contributed by atoms with Gasteiger partial charge in [0.15, 0.2) is 5.82 Å². The van der Waals surface area contributed by atoms with Crippen LogP contribution in [0.3, 0.4) is 0 Å². The highest BCUT2D eigenvalue weighted by atomic mass is 35.5. The minimum atomic E-state index is -0.839. The summed E-state index contributed by atoms with van der Waals surface area (Å²) in [5, 5.41) is 14.5. The van der Waals surface area contributed by atoms with Crippen molar-refractivity contribution in [3.8, 4) is 22.5 Å². The Balaban J connectivity index is 1.38. The molecular weight excluding hydrogens is 552 g/mol. The number of rotatable bonds is 10. The van der Waals surface area contributed by atoms with E-state index in [0.717, 1.165) is 41.5 Å². The third-order valence-electron chi connectivity index (χ3n) is 7.77. The molecule has 0 radical (unpaired) electrons. The summed E-state index contributed by atoms with van der Waals surface area (Å²) in [6.45, 7) is 3.91. The summed E-state index contributed by atoms with van der Waals surface area (Å²) in [5.41, 5.74) is 3.84. The lowest BCUT2D eigenvalue weighted by Crippen LogP contribution is -2.46. The maximum absolute atomic E-state index is 13.6. The van der Waals surface area contributed by atoms with E-state index < -0.39 is 6.04 Å². The molecule has 0 bridgehead atoms. The largest absolute Gasteiger partial charge is 0.344 e. The molecule has 0 saturated heterocycles. The first-order valence-corrected chi connectivity index (χ1v) is 14.6. The van der Waals surface area contributed by atoms with Crippen molar-refractivity contribution in [1.82, 2.24) is 24.6 Å². The van der Waals surface area contributed by atoms with Gasteiger partial charge in [-0.15, -0.1) is 10.2 Å². The van der Waals surface area contributed by atoms with Crippen LogP contribution in [-0.4, -0.2) is 37.2 Å². The van der Waals surface area contributed by atoms with Gasteiger partial charge in [0, 0.05) is 54.5 Å². The van der Waals surface area contributed by atoms with Gasteiger partial charge in [0.25, 0.3) is 5.56 Å². The molecule has 9 nitrogen and oxygen atoms in total. The van der Waals surface area contributed by atoms with Crippen LogP contribution in [-0.2, 0) is 23.1 Å². The molecule has 1 atom stereocenters. The van der Waals surface area contributed by atoms with Crippen LogP contribution in [0, 0.1) is 5.92 Å². The van der Waals surface area contributed by atoms with Crippen LogP contribution in [0.4, 0.5) is 5.69 Å². The van der Waals surface area contributed by atoms with Crippen LogP contribution in [0.25, 0.3) is 22.5 Å². The number of carbonyl (C=O) groups is 2. The van der Waals surface area contributed by atoms with Crippen molar-refractivity contribution < 1.29 is 9.59 Å². The zero-order valence-electron chi connectivity index (χ0n) is 24.0. The molecule has 1 aliphatic rings. The second-order valence-corrected chi connectivity index (χ2v) is 11.6. The third kappa shape index (κ3) is 6.79. The highest BCUT2D eigenvalue weighted by Crippen LogP contribution is 2.30. The SMILES string of the molecule is CC(C)n1cc(-c2ccc(Cl)c(C[C@H](NC(=O)CC3CCC3)C(=O)Nc3ccc(-c4nncn4C)cc3)c2)ccc1=O. The monoisotopic (exact) mass is 586 g/mol. The number of amides is 2. The van der Waals surface area contributed by atoms with Gasteiger partial charge in [0.1, 0.15) is 12.4 Å². The predicted octanol–water partition coefficient (Wildman–Crippen LogP) is 5.40. The molecule has 218 valence electrons. The number of pyridine rings is 1. The van der Waals surface area contributed by atoms with Crippen LogP contribution < -0.4 is 16.2 Å². The van der Waals surface area contributed by atoms with E-state index in [9.17, 15) is 14.4 Å². The maximum atomic E-state index is 13.6. The van der Waals surface area contributed by atoms with Gasteiger partial charge in [0.05, 0.1) is 0 Å². The lowest BCUT2D eigenvalue weighted by atomic mass is 9.83. The van der Waals surface area contributed by atoms with Gasteiger partial charge in [-0.2, -0.15) is 0 Å². The molecule has 1 saturated carbocycles. The summed E-state index contributed by atoms with van der Waals surface area (Å²) in [5.74, 6) is 0.602. The number of nitrogens with one attached hydrogen (secondary N) is 2. The van der Waals surface area contributed by atoms with E-state index >= 15 is 0 Å². The molecule has 1 aliphatic carbocycles. The van der Waals surface area contributed by atoms with Crippen LogP contribution in [0.1, 0.15) is 51.1 Å². The van der Waals surface area contributed by atoms with Gasteiger partial charge in [-0.1, -0.05) is 24.1 Å². The van der Waals surface area contributed by atoms with Gasteiger partial charge >= 0.3 is 0 Å². The van der Waals surface area contributed by atoms with Crippen molar-refractivity contribution in [3.63, 3.8) is 0 Å². The van der Waals surface area contributed by atoms with Crippen molar-refractivity contribution in [3.05, 3.63) is 88.1 Å². The smallest absolute Gasteiger partial charge is 0.250 e. The molecule has 0 unspecified atom stereocenters. The molecule has 5 rings (SSSR count). The third-order valence-corrected chi connectivity index (χ3v) is 8.14. The summed E-state index contributed by atoms with van der Waals surface area (Å²) in [7, 11) is 1.86. The number of aromatic nitrogens is 4. The molecule has 2 aromatic heterocycles. The second kappa shape index (κ2) is 12.7. The first kappa shape index (κ1) is 29.3.